The molecule has 2 heterocycles. The first kappa shape index (κ1) is 21.2. The van der Waals surface area contributed by atoms with Gasteiger partial charge in [0.15, 0.2) is 11.6 Å². The lowest BCUT2D eigenvalue weighted by atomic mass is 9.76. The molecule has 0 bridgehead atoms. The largest absolute Gasteiger partial charge is 0.463 e. The summed E-state index contributed by atoms with van der Waals surface area (Å²) in [5.74, 6) is 0.905. The van der Waals surface area contributed by atoms with Crippen LogP contribution in [0.3, 0.4) is 0 Å². The summed E-state index contributed by atoms with van der Waals surface area (Å²) in [5, 5.41) is 0. The Morgan fingerprint density at radius 1 is 0.939 bits per heavy atom. The van der Waals surface area contributed by atoms with E-state index in [0.717, 1.165) is 33.7 Å². The molecule has 0 saturated carbocycles. The monoisotopic (exact) mass is 437 g/mol. The quantitative estimate of drug-likeness (QED) is 0.481. The molecule has 1 atom stereocenters. The number of ether oxygens (including phenoxy) is 1. The highest BCUT2D eigenvalue weighted by Crippen LogP contribution is 2.54. The number of nitrogens with zero attached hydrogens (tertiary/aromatic N) is 1. The molecule has 166 valence electrons. The number of ketones is 2. The topological polar surface area (TPSA) is 46.6 Å². The average molecular weight is 438 g/mol. The molecule has 5 rings (SSSR count). The Balaban J connectivity index is 1.49. The fraction of sp³-hybridized carbons (Fsp3) is 0.241. The van der Waals surface area contributed by atoms with Gasteiger partial charge in [0.05, 0.1) is 5.41 Å². The number of carbonyl (C=O) groups excluding carboxylic acids is 2. The highest BCUT2D eigenvalue weighted by Gasteiger charge is 2.57. The lowest BCUT2D eigenvalue weighted by Crippen LogP contribution is -2.58. The van der Waals surface area contributed by atoms with Crippen molar-refractivity contribution in [3.63, 3.8) is 0 Å². The molecule has 3 aromatic rings. The third-order valence-electron chi connectivity index (χ3n) is 7.12. The summed E-state index contributed by atoms with van der Waals surface area (Å²) >= 11 is 0. The highest BCUT2D eigenvalue weighted by molar-refractivity contribution is 5.97. The second kappa shape index (κ2) is 7.45. The summed E-state index contributed by atoms with van der Waals surface area (Å²) in [6.45, 7) is 5.93. The Morgan fingerprint density at radius 2 is 1.70 bits per heavy atom. The summed E-state index contributed by atoms with van der Waals surface area (Å²) in [5.41, 5.74) is 4.45. The molecule has 1 unspecified atom stereocenters. The number of hydrogen-bond acceptors (Lipinski definition) is 4. The van der Waals surface area contributed by atoms with Crippen LogP contribution in [-0.2, 0) is 11.8 Å². The van der Waals surface area contributed by atoms with E-state index in [4.69, 9.17) is 4.74 Å². The Bertz CT molecular complexity index is 1310. The standard InChI is InChI=1S/C29H27NO3/c1-19(31)22-11-13-27-23(18-22)14-15-29(33-27)28(2,3)24-16-20(10-12-25(24)30(29)4)17-26(32)21-8-6-5-7-9-21/h5-16,18H,17H2,1-4H3. The number of benzene rings is 3. The molecule has 0 N–H and O–H groups in total. The van der Waals surface area contributed by atoms with Gasteiger partial charge < -0.3 is 9.64 Å². The second-order valence-corrected chi connectivity index (χ2v) is 9.44. The molecule has 4 heteroatoms. The predicted octanol–water partition coefficient (Wildman–Crippen LogP) is 5.84. The van der Waals surface area contributed by atoms with Gasteiger partial charge in [-0.2, -0.15) is 0 Å². The number of anilines is 1. The summed E-state index contributed by atoms with van der Waals surface area (Å²) in [6, 6.07) is 21.3. The van der Waals surface area contributed by atoms with Crippen LogP contribution in [0.4, 0.5) is 5.69 Å². The zero-order valence-electron chi connectivity index (χ0n) is 19.4. The first-order valence-corrected chi connectivity index (χ1v) is 11.2. The normalized spacial score (nSPS) is 19.7. The summed E-state index contributed by atoms with van der Waals surface area (Å²) in [7, 11) is 2.04. The van der Waals surface area contributed by atoms with Crippen molar-refractivity contribution in [3.8, 4) is 5.75 Å². The Labute approximate surface area is 194 Å². The Kier molecular flexibility index (Phi) is 4.78. The van der Waals surface area contributed by atoms with Crippen LogP contribution in [0.5, 0.6) is 5.75 Å². The van der Waals surface area contributed by atoms with Crippen LogP contribution < -0.4 is 9.64 Å². The molecule has 1 spiro atoms. The van der Waals surface area contributed by atoms with E-state index in [2.05, 4.69) is 43.0 Å². The molecule has 2 aliphatic heterocycles. The Hall–Kier alpha value is -3.66. The average Bonchev–Trinajstić information content (AvgIpc) is 2.97. The minimum absolute atomic E-state index is 0.0368. The summed E-state index contributed by atoms with van der Waals surface area (Å²) in [4.78, 5) is 26.7. The van der Waals surface area contributed by atoms with Gasteiger partial charge in [-0.25, -0.2) is 0 Å². The van der Waals surface area contributed by atoms with Gasteiger partial charge in [0.2, 0.25) is 5.72 Å². The minimum Gasteiger partial charge on any atom is -0.463 e. The predicted molar refractivity (Wildman–Crippen MR) is 131 cm³/mol. The van der Waals surface area contributed by atoms with Crippen LogP contribution in [0.25, 0.3) is 6.08 Å². The van der Waals surface area contributed by atoms with Crippen molar-refractivity contribution in [2.24, 2.45) is 0 Å². The molecule has 4 nitrogen and oxygen atoms in total. The van der Waals surface area contributed by atoms with Crippen LogP contribution in [0.15, 0.2) is 72.8 Å². The number of Topliss-reactive ketones (excluding diaryl/α,β-unsaturated/α-hetero) is 2. The lowest BCUT2D eigenvalue weighted by molar-refractivity contribution is 0.0581. The SMILES string of the molecule is CC(=O)c1ccc2c(c1)C=CC1(O2)N(C)c2ccc(CC(=O)c3ccccc3)cc2C1(C)C. The van der Waals surface area contributed by atoms with E-state index in [1.54, 1.807) is 6.92 Å². The smallest absolute Gasteiger partial charge is 0.211 e. The first-order valence-electron chi connectivity index (χ1n) is 11.2. The zero-order valence-corrected chi connectivity index (χ0v) is 19.4. The summed E-state index contributed by atoms with van der Waals surface area (Å²) < 4.78 is 6.68. The number of rotatable bonds is 4. The fourth-order valence-electron chi connectivity index (χ4n) is 5.10. The van der Waals surface area contributed by atoms with Crippen molar-refractivity contribution >= 4 is 23.3 Å². The van der Waals surface area contributed by atoms with Crippen molar-refractivity contribution in [1.82, 2.24) is 0 Å². The maximum atomic E-state index is 12.8. The van der Waals surface area contributed by atoms with Gasteiger partial charge in [0, 0.05) is 35.8 Å². The molecular weight excluding hydrogens is 410 g/mol. The van der Waals surface area contributed by atoms with Crippen LogP contribution in [0, 0.1) is 0 Å². The maximum Gasteiger partial charge on any atom is 0.211 e. The van der Waals surface area contributed by atoms with E-state index in [9.17, 15) is 9.59 Å². The third-order valence-corrected chi connectivity index (χ3v) is 7.12. The molecule has 3 aromatic carbocycles. The van der Waals surface area contributed by atoms with E-state index < -0.39 is 5.72 Å². The van der Waals surface area contributed by atoms with Crippen molar-refractivity contribution in [2.75, 3.05) is 11.9 Å². The molecule has 33 heavy (non-hydrogen) atoms. The molecule has 0 aliphatic carbocycles. The van der Waals surface area contributed by atoms with Crippen molar-refractivity contribution in [3.05, 3.63) is 101 Å². The van der Waals surface area contributed by atoms with Crippen LogP contribution in [0.2, 0.25) is 0 Å². The molecule has 0 fully saturated rings. The van der Waals surface area contributed by atoms with Crippen LogP contribution in [-0.4, -0.2) is 24.3 Å². The van der Waals surface area contributed by atoms with Gasteiger partial charge in [0.1, 0.15) is 5.75 Å². The molecule has 0 saturated heterocycles. The fourth-order valence-corrected chi connectivity index (χ4v) is 5.10. The molecule has 0 amide bonds. The Morgan fingerprint density at radius 3 is 2.42 bits per heavy atom. The first-order chi connectivity index (χ1) is 15.7. The highest BCUT2D eigenvalue weighted by atomic mass is 16.5. The third kappa shape index (κ3) is 3.20. The zero-order chi connectivity index (χ0) is 23.4. The maximum absolute atomic E-state index is 12.8. The number of hydrogen-bond donors (Lipinski definition) is 0. The lowest BCUT2D eigenvalue weighted by Gasteiger charge is -2.45. The van der Waals surface area contributed by atoms with Gasteiger partial charge in [-0.15, -0.1) is 0 Å². The molecule has 2 aliphatic rings. The van der Waals surface area contributed by atoms with E-state index in [1.165, 1.54) is 0 Å². The number of fused-ring (bicyclic) bond motifs is 2. The van der Waals surface area contributed by atoms with Crippen molar-refractivity contribution < 1.29 is 14.3 Å². The van der Waals surface area contributed by atoms with Crippen LogP contribution >= 0.6 is 0 Å². The number of likely N-dealkylation sites (N-methyl/N-ethyl adjacent to an activating group) is 1. The molecule has 0 radical (unpaired) electrons. The molecular formula is C29H27NO3. The van der Waals surface area contributed by atoms with Crippen LogP contribution in [0.1, 0.15) is 58.2 Å². The second-order valence-electron chi connectivity index (χ2n) is 9.44. The van der Waals surface area contributed by atoms with E-state index >= 15 is 0 Å². The minimum atomic E-state index is -0.706. The van der Waals surface area contributed by atoms with Gasteiger partial charge in [0.25, 0.3) is 0 Å². The van der Waals surface area contributed by atoms with Crippen molar-refractivity contribution in [2.45, 2.75) is 38.3 Å². The van der Waals surface area contributed by atoms with Gasteiger partial charge in [-0.05, 0) is 68.3 Å². The van der Waals surface area contributed by atoms with E-state index in [-0.39, 0.29) is 17.0 Å². The number of carbonyl (C=O) groups is 2. The van der Waals surface area contributed by atoms with E-state index in [0.29, 0.717) is 12.0 Å². The van der Waals surface area contributed by atoms with Gasteiger partial charge in [-0.3, -0.25) is 9.59 Å². The van der Waals surface area contributed by atoms with Crippen molar-refractivity contribution in [1.29, 1.82) is 0 Å². The molecule has 0 aromatic heterocycles. The summed E-state index contributed by atoms with van der Waals surface area (Å²) in [6.07, 6.45) is 4.50. The van der Waals surface area contributed by atoms with Gasteiger partial charge >= 0.3 is 0 Å². The van der Waals surface area contributed by atoms with Gasteiger partial charge in [-0.1, -0.05) is 42.5 Å². The van der Waals surface area contributed by atoms with E-state index in [1.807, 2.05) is 61.6 Å².